The SMILES string of the molecule is CC(C)N(CCCCCN)/[N+]([O-])=N/[O-]. The van der Waals surface area contributed by atoms with Gasteiger partial charge in [-0.15, -0.1) is 5.01 Å². The second kappa shape index (κ2) is 7.37. The summed E-state index contributed by atoms with van der Waals surface area (Å²) in [6, 6.07) is -0.0110. The molecule has 0 saturated carbocycles. The minimum absolute atomic E-state index is 0.0110. The third kappa shape index (κ3) is 4.86. The summed E-state index contributed by atoms with van der Waals surface area (Å²) in [5.41, 5.74) is 5.34. The smallest absolute Gasteiger partial charge is 0.0820 e. The average molecular weight is 203 g/mol. The second-order valence-corrected chi connectivity index (χ2v) is 3.44. The van der Waals surface area contributed by atoms with Crippen LogP contribution in [0, 0.1) is 10.4 Å². The molecule has 0 aromatic rings. The van der Waals surface area contributed by atoms with E-state index in [4.69, 9.17) is 5.73 Å². The molecule has 14 heavy (non-hydrogen) atoms. The Morgan fingerprint density at radius 2 is 2.00 bits per heavy atom. The van der Waals surface area contributed by atoms with Crippen LogP contribution in [0.1, 0.15) is 33.1 Å². The van der Waals surface area contributed by atoms with Gasteiger partial charge in [0.05, 0.1) is 12.6 Å². The highest BCUT2D eigenvalue weighted by Gasteiger charge is 2.14. The molecule has 0 saturated heterocycles. The van der Waals surface area contributed by atoms with Crippen LogP contribution in [0.3, 0.4) is 0 Å². The Kier molecular flexibility index (Phi) is 6.82. The molecule has 0 aromatic carbocycles. The van der Waals surface area contributed by atoms with Crippen molar-refractivity contribution in [2.24, 2.45) is 11.0 Å². The van der Waals surface area contributed by atoms with Crippen LogP contribution in [0.4, 0.5) is 0 Å². The molecule has 0 heterocycles. The molecular weight excluding hydrogens is 184 g/mol. The number of rotatable bonds is 7. The van der Waals surface area contributed by atoms with Crippen molar-refractivity contribution in [1.29, 1.82) is 0 Å². The van der Waals surface area contributed by atoms with Crippen molar-refractivity contribution in [3.63, 3.8) is 0 Å². The van der Waals surface area contributed by atoms with Crippen LogP contribution in [0.2, 0.25) is 0 Å². The molecule has 0 aliphatic heterocycles. The van der Waals surface area contributed by atoms with Crippen molar-refractivity contribution in [2.75, 3.05) is 13.1 Å². The monoisotopic (exact) mass is 203 g/mol. The van der Waals surface area contributed by atoms with E-state index in [0.717, 1.165) is 19.3 Å². The third-order valence-corrected chi connectivity index (χ3v) is 1.98. The first-order valence-corrected chi connectivity index (χ1v) is 4.90. The second-order valence-electron chi connectivity index (χ2n) is 3.44. The first-order chi connectivity index (χ1) is 6.63. The molecule has 0 bridgehead atoms. The number of hydrazine groups is 1. The van der Waals surface area contributed by atoms with E-state index in [1.807, 2.05) is 13.8 Å². The van der Waals surface area contributed by atoms with Crippen molar-refractivity contribution < 1.29 is 4.97 Å². The molecule has 0 radical (unpaired) electrons. The van der Waals surface area contributed by atoms with Crippen molar-refractivity contribution in [1.82, 2.24) is 5.01 Å². The zero-order chi connectivity index (χ0) is 11.0. The predicted octanol–water partition coefficient (Wildman–Crippen LogP) is 1.20. The van der Waals surface area contributed by atoms with Crippen LogP contribution < -0.4 is 5.73 Å². The van der Waals surface area contributed by atoms with Crippen LogP contribution in [0.5, 0.6) is 0 Å². The van der Waals surface area contributed by atoms with Gasteiger partial charge in [-0.25, -0.2) is 0 Å². The zero-order valence-corrected chi connectivity index (χ0v) is 8.85. The van der Waals surface area contributed by atoms with Gasteiger partial charge in [-0.1, -0.05) is 6.42 Å². The highest BCUT2D eigenvalue weighted by atomic mass is 16.6. The van der Waals surface area contributed by atoms with Crippen LogP contribution in [-0.4, -0.2) is 29.1 Å². The number of nitrogens with two attached hydrogens (primary N) is 1. The average Bonchev–Trinajstić information content (AvgIpc) is 2.16. The fraction of sp³-hybridized carbons (Fsp3) is 1.00. The van der Waals surface area contributed by atoms with Gasteiger partial charge in [0.1, 0.15) is 0 Å². The minimum Gasteiger partial charge on any atom is -0.737 e. The van der Waals surface area contributed by atoms with Crippen molar-refractivity contribution in [2.45, 2.75) is 39.2 Å². The van der Waals surface area contributed by atoms with Crippen LogP contribution >= 0.6 is 0 Å². The van der Waals surface area contributed by atoms with Crippen LogP contribution in [0.15, 0.2) is 5.28 Å². The number of hydrogen-bond donors (Lipinski definition) is 1. The fourth-order valence-corrected chi connectivity index (χ4v) is 1.18. The summed E-state index contributed by atoms with van der Waals surface area (Å²) in [5.74, 6) is 0. The molecule has 0 amide bonds. The van der Waals surface area contributed by atoms with Crippen LogP contribution in [-0.2, 0) is 0 Å². The number of nitrogens with zero attached hydrogens (tertiary/aromatic N) is 3. The van der Waals surface area contributed by atoms with Gasteiger partial charge < -0.3 is 16.1 Å². The summed E-state index contributed by atoms with van der Waals surface area (Å²) < 4.78 is 0. The summed E-state index contributed by atoms with van der Waals surface area (Å²) in [4.78, 5) is 0.118. The molecule has 0 spiro atoms. The molecule has 84 valence electrons. The molecule has 0 unspecified atom stereocenters. The first-order valence-electron chi connectivity index (χ1n) is 4.90. The molecule has 0 fully saturated rings. The van der Waals surface area contributed by atoms with Crippen molar-refractivity contribution in [3.05, 3.63) is 10.4 Å². The maximum atomic E-state index is 11.0. The number of hydrogen-bond acceptors (Lipinski definition) is 4. The Balaban J connectivity index is 3.87. The topological polar surface area (TPSA) is 90.8 Å². The van der Waals surface area contributed by atoms with E-state index in [9.17, 15) is 10.4 Å². The lowest BCUT2D eigenvalue weighted by Gasteiger charge is -2.22. The third-order valence-electron chi connectivity index (χ3n) is 1.98. The Morgan fingerprint density at radius 3 is 2.43 bits per heavy atom. The van der Waals surface area contributed by atoms with Gasteiger partial charge in [0, 0.05) is 4.97 Å². The van der Waals surface area contributed by atoms with E-state index >= 15 is 0 Å². The van der Waals surface area contributed by atoms with Gasteiger partial charge in [-0.05, 0) is 38.5 Å². The Morgan fingerprint density at radius 1 is 1.36 bits per heavy atom. The molecule has 0 aliphatic rings. The molecule has 0 aromatic heterocycles. The predicted molar refractivity (Wildman–Crippen MR) is 54.2 cm³/mol. The normalized spacial score (nSPS) is 12.1. The molecular formula is C8H19N4O2-. The lowest BCUT2D eigenvalue weighted by molar-refractivity contribution is -0.697. The molecule has 0 rings (SSSR count). The van der Waals surface area contributed by atoms with E-state index in [0.29, 0.717) is 13.1 Å². The summed E-state index contributed by atoms with van der Waals surface area (Å²) in [7, 11) is 0. The van der Waals surface area contributed by atoms with Gasteiger partial charge in [-0.2, -0.15) is 0 Å². The van der Waals surface area contributed by atoms with Gasteiger partial charge in [0.15, 0.2) is 0 Å². The zero-order valence-electron chi connectivity index (χ0n) is 8.85. The summed E-state index contributed by atoms with van der Waals surface area (Å²) in [6.07, 6.45) is 2.76. The highest BCUT2D eigenvalue weighted by molar-refractivity contribution is 4.52. The minimum atomic E-state index is -0.0110. The summed E-state index contributed by atoms with van der Waals surface area (Å²) in [5, 5.41) is 24.7. The lowest BCUT2D eigenvalue weighted by atomic mass is 10.2. The maximum Gasteiger partial charge on any atom is 0.0820 e. The summed E-state index contributed by atoms with van der Waals surface area (Å²) >= 11 is 0. The van der Waals surface area contributed by atoms with Gasteiger partial charge in [0.25, 0.3) is 0 Å². The lowest BCUT2D eigenvalue weighted by Crippen LogP contribution is -2.37. The molecule has 6 heteroatoms. The van der Waals surface area contributed by atoms with Gasteiger partial charge in [-0.3, -0.25) is 0 Å². The van der Waals surface area contributed by atoms with E-state index in [1.54, 1.807) is 0 Å². The van der Waals surface area contributed by atoms with E-state index in [-0.39, 0.29) is 11.0 Å². The molecule has 0 aliphatic carbocycles. The largest absolute Gasteiger partial charge is 0.737 e. The van der Waals surface area contributed by atoms with Gasteiger partial charge >= 0.3 is 0 Å². The van der Waals surface area contributed by atoms with E-state index < -0.39 is 0 Å². The number of unbranched alkanes of at least 4 members (excludes halogenated alkanes) is 2. The fourth-order valence-electron chi connectivity index (χ4n) is 1.18. The maximum absolute atomic E-state index is 11.0. The summed E-state index contributed by atoms with van der Waals surface area (Å²) in [6.45, 7) is 4.90. The highest BCUT2D eigenvalue weighted by Crippen LogP contribution is 2.03. The van der Waals surface area contributed by atoms with Crippen LogP contribution in [0.25, 0.3) is 0 Å². The van der Waals surface area contributed by atoms with Crippen molar-refractivity contribution in [3.8, 4) is 0 Å². The van der Waals surface area contributed by atoms with Crippen molar-refractivity contribution >= 4 is 0 Å². The molecule has 6 nitrogen and oxygen atoms in total. The Labute approximate surface area is 84.5 Å². The van der Waals surface area contributed by atoms with E-state index in [2.05, 4.69) is 5.28 Å². The Hall–Kier alpha value is -1.04. The first kappa shape index (κ1) is 13.0. The molecule has 2 N–H and O–H groups in total. The Bertz CT molecular complexity index is 173. The van der Waals surface area contributed by atoms with E-state index in [1.165, 1.54) is 5.01 Å². The molecule has 0 atom stereocenters. The van der Waals surface area contributed by atoms with Gasteiger partial charge in [0.2, 0.25) is 0 Å². The standard InChI is InChI=1S/C8H20N4O2/c1-8(2)11(12(14)10-13)7-5-3-4-6-9/h8,13H,3-7,9H2,1-2H3/p-1/b12-10-. The quantitative estimate of drug-likeness (QED) is 0.291.